The molecule has 0 saturated carbocycles. The number of hydrogen-bond donors (Lipinski definition) is 2. The number of halogens is 1. The van der Waals surface area contributed by atoms with Crippen LogP contribution in [0.15, 0.2) is 23.1 Å². The molecule has 2 atom stereocenters. The van der Waals surface area contributed by atoms with E-state index < -0.39 is 26.7 Å². The Morgan fingerprint density at radius 2 is 2.05 bits per heavy atom. The largest absolute Gasteiger partial charge is 0.351 e. The molecule has 3 N–H and O–H groups in total. The smallest absolute Gasteiger partial charge is 0.251 e. The molecular formula is C11H15ClN2O4S2. The minimum absolute atomic E-state index is 0.0793. The van der Waals surface area contributed by atoms with E-state index in [2.05, 4.69) is 5.32 Å². The van der Waals surface area contributed by atoms with Gasteiger partial charge in [0.05, 0.1) is 4.90 Å². The maximum absolute atomic E-state index is 11.9. The maximum Gasteiger partial charge on any atom is 0.251 e. The molecule has 1 aromatic carbocycles. The van der Waals surface area contributed by atoms with Crippen molar-refractivity contribution in [3.8, 4) is 0 Å². The number of rotatable bonds is 5. The summed E-state index contributed by atoms with van der Waals surface area (Å²) in [6, 6.07) is 3.64. The molecule has 1 aromatic rings. The molecule has 9 heteroatoms. The minimum atomic E-state index is -3.94. The fourth-order valence-corrected chi connectivity index (χ4v) is 2.51. The molecule has 20 heavy (non-hydrogen) atoms. The second-order valence-electron chi connectivity index (χ2n) is 4.24. The zero-order chi connectivity index (χ0) is 15.5. The van der Waals surface area contributed by atoms with Crippen molar-refractivity contribution in [2.75, 3.05) is 12.8 Å². The van der Waals surface area contributed by atoms with Gasteiger partial charge in [-0.05, 0) is 25.1 Å². The molecule has 0 bridgehead atoms. The van der Waals surface area contributed by atoms with Crippen LogP contribution in [-0.2, 0) is 20.8 Å². The lowest BCUT2D eigenvalue weighted by atomic mass is 10.2. The van der Waals surface area contributed by atoms with Crippen LogP contribution in [0.2, 0.25) is 5.02 Å². The number of nitrogens with one attached hydrogen (secondary N) is 1. The summed E-state index contributed by atoms with van der Waals surface area (Å²) in [5, 5.41) is 7.44. The molecule has 0 aliphatic carbocycles. The van der Waals surface area contributed by atoms with Gasteiger partial charge in [-0.2, -0.15) is 0 Å². The summed E-state index contributed by atoms with van der Waals surface area (Å²) in [4.78, 5) is 11.7. The molecule has 0 aliphatic heterocycles. The second-order valence-corrected chi connectivity index (χ2v) is 8.04. The van der Waals surface area contributed by atoms with Crippen LogP contribution in [0.1, 0.15) is 17.3 Å². The molecule has 0 fully saturated rings. The highest BCUT2D eigenvalue weighted by Crippen LogP contribution is 2.18. The van der Waals surface area contributed by atoms with Gasteiger partial charge in [0.1, 0.15) is 0 Å². The highest BCUT2D eigenvalue weighted by atomic mass is 35.5. The average Bonchev–Trinajstić information content (AvgIpc) is 2.33. The van der Waals surface area contributed by atoms with Gasteiger partial charge in [0.15, 0.2) is 0 Å². The SMILES string of the molecule is CC(CNC(=O)c1cc(Cl)cc(S(N)(=O)=O)c1)S(C)=O. The van der Waals surface area contributed by atoms with Crippen LogP contribution in [0.5, 0.6) is 0 Å². The van der Waals surface area contributed by atoms with Gasteiger partial charge < -0.3 is 5.32 Å². The summed E-state index contributed by atoms with van der Waals surface area (Å²) < 4.78 is 33.7. The quantitative estimate of drug-likeness (QED) is 0.814. The standard InChI is InChI=1S/C11H15ClN2O4S2/c1-7(19(2)16)6-14-11(15)8-3-9(12)5-10(4-8)20(13,17)18/h3-5,7H,6H2,1-2H3,(H,14,15)(H2,13,17,18). The van der Waals surface area contributed by atoms with Gasteiger partial charge in [0, 0.05) is 39.4 Å². The van der Waals surface area contributed by atoms with E-state index >= 15 is 0 Å². The van der Waals surface area contributed by atoms with Gasteiger partial charge in [0.25, 0.3) is 5.91 Å². The number of amides is 1. The fraction of sp³-hybridized carbons (Fsp3) is 0.364. The van der Waals surface area contributed by atoms with Crippen molar-refractivity contribution in [2.24, 2.45) is 5.14 Å². The summed E-state index contributed by atoms with van der Waals surface area (Å²) in [6.07, 6.45) is 1.54. The van der Waals surface area contributed by atoms with E-state index in [4.69, 9.17) is 16.7 Å². The summed E-state index contributed by atoms with van der Waals surface area (Å²) >= 11 is 5.76. The maximum atomic E-state index is 11.9. The zero-order valence-electron chi connectivity index (χ0n) is 10.9. The average molecular weight is 339 g/mol. The van der Waals surface area contributed by atoms with Crippen LogP contribution < -0.4 is 10.5 Å². The van der Waals surface area contributed by atoms with Crippen molar-refractivity contribution in [1.29, 1.82) is 0 Å². The lowest BCUT2D eigenvalue weighted by Gasteiger charge is -2.10. The Balaban J connectivity index is 2.94. The fourth-order valence-electron chi connectivity index (χ4n) is 1.31. The number of carbonyl (C=O) groups excluding carboxylic acids is 1. The molecular weight excluding hydrogens is 324 g/mol. The van der Waals surface area contributed by atoms with Crippen LogP contribution >= 0.6 is 11.6 Å². The number of sulfonamides is 1. The molecule has 0 heterocycles. The monoisotopic (exact) mass is 338 g/mol. The molecule has 1 rings (SSSR count). The van der Waals surface area contributed by atoms with Crippen molar-refractivity contribution in [1.82, 2.24) is 5.32 Å². The van der Waals surface area contributed by atoms with Gasteiger partial charge >= 0.3 is 0 Å². The third-order valence-electron chi connectivity index (χ3n) is 2.58. The van der Waals surface area contributed by atoms with Crippen LogP contribution in [0.3, 0.4) is 0 Å². The van der Waals surface area contributed by atoms with Crippen molar-refractivity contribution in [3.63, 3.8) is 0 Å². The molecule has 0 aliphatic rings. The highest BCUT2D eigenvalue weighted by Gasteiger charge is 2.15. The molecule has 2 unspecified atom stereocenters. The lowest BCUT2D eigenvalue weighted by Crippen LogP contribution is -2.32. The number of nitrogens with two attached hydrogens (primary N) is 1. The van der Waals surface area contributed by atoms with E-state index in [0.29, 0.717) is 0 Å². The van der Waals surface area contributed by atoms with E-state index in [1.165, 1.54) is 12.3 Å². The Morgan fingerprint density at radius 1 is 1.45 bits per heavy atom. The zero-order valence-corrected chi connectivity index (χ0v) is 13.3. The van der Waals surface area contributed by atoms with Gasteiger partial charge in [-0.3, -0.25) is 9.00 Å². The van der Waals surface area contributed by atoms with Crippen molar-refractivity contribution < 1.29 is 17.4 Å². The lowest BCUT2D eigenvalue weighted by molar-refractivity contribution is 0.0954. The van der Waals surface area contributed by atoms with E-state index in [9.17, 15) is 17.4 Å². The van der Waals surface area contributed by atoms with Gasteiger partial charge in [-0.25, -0.2) is 13.6 Å². The summed E-state index contributed by atoms with van der Waals surface area (Å²) in [5.74, 6) is -0.505. The number of primary sulfonamides is 1. The third kappa shape index (κ3) is 4.86. The van der Waals surface area contributed by atoms with E-state index in [1.54, 1.807) is 6.92 Å². The van der Waals surface area contributed by atoms with Crippen molar-refractivity contribution >= 4 is 38.3 Å². The first kappa shape index (κ1) is 17.1. The van der Waals surface area contributed by atoms with E-state index in [-0.39, 0.29) is 27.3 Å². The Bertz CT molecular complexity index is 646. The first-order valence-corrected chi connectivity index (χ1v) is 9.09. The first-order chi connectivity index (χ1) is 9.11. The molecule has 0 aromatic heterocycles. The Morgan fingerprint density at radius 3 is 2.55 bits per heavy atom. The van der Waals surface area contributed by atoms with Crippen molar-refractivity contribution in [3.05, 3.63) is 28.8 Å². The van der Waals surface area contributed by atoms with Crippen LogP contribution in [-0.4, -0.2) is 36.6 Å². The third-order valence-corrected chi connectivity index (χ3v) is 4.99. The van der Waals surface area contributed by atoms with Crippen molar-refractivity contribution in [2.45, 2.75) is 17.1 Å². The molecule has 6 nitrogen and oxygen atoms in total. The van der Waals surface area contributed by atoms with Crippen LogP contribution in [0.4, 0.5) is 0 Å². The van der Waals surface area contributed by atoms with Gasteiger partial charge in [-0.15, -0.1) is 0 Å². The molecule has 0 radical (unpaired) electrons. The predicted octanol–water partition coefficient (Wildman–Crippen LogP) is 0.484. The van der Waals surface area contributed by atoms with Gasteiger partial charge in [0.2, 0.25) is 10.0 Å². The predicted molar refractivity (Wildman–Crippen MR) is 78.7 cm³/mol. The van der Waals surface area contributed by atoms with Crippen LogP contribution in [0.25, 0.3) is 0 Å². The highest BCUT2D eigenvalue weighted by molar-refractivity contribution is 7.89. The Kier molecular flexibility index (Phi) is 5.69. The summed E-state index contributed by atoms with van der Waals surface area (Å²) in [5.41, 5.74) is 0.0793. The summed E-state index contributed by atoms with van der Waals surface area (Å²) in [7, 11) is -5.00. The van der Waals surface area contributed by atoms with E-state index in [0.717, 1.165) is 12.1 Å². The topological polar surface area (TPSA) is 106 Å². The molecule has 0 spiro atoms. The molecule has 1 amide bonds. The number of benzene rings is 1. The van der Waals surface area contributed by atoms with E-state index in [1.807, 2.05) is 0 Å². The molecule has 0 saturated heterocycles. The van der Waals surface area contributed by atoms with Gasteiger partial charge in [-0.1, -0.05) is 11.6 Å². The molecule has 112 valence electrons. The Hall–Kier alpha value is -0.960. The second kappa shape index (κ2) is 6.66. The summed E-state index contributed by atoms with van der Waals surface area (Å²) in [6.45, 7) is 1.93. The Labute approximate surface area is 125 Å². The normalized spacial score (nSPS) is 14.6. The first-order valence-electron chi connectivity index (χ1n) is 5.55. The number of carbonyl (C=O) groups is 1. The van der Waals surface area contributed by atoms with Crippen LogP contribution in [0, 0.1) is 0 Å². The minimum Gasteiger partial charge on any atom is -0.351 e. The number of hydrogen-bond acceptors (Lipinski definition) is 4.